The van der Waals surface area contributed by atoms with E-state index in [4.69, 9.17) is 4.98 Å². The number of fused-ring (bicyclic) bond motifs is 6. The zero-order valence-electron chi connectivity index (χ0n) is 27.2. The molecule has 0 bridgehead atoms. The van der Waals surface area contributed by atoms with E-state index in [1.165, 1.54) is 55.0 Å². The monoisotopic (exact) mass is 637 g/mol. The number of hydrogen-bond donors (Lipinski definition) is 0. The predicted molar refractivity (Wildman–Crippen MR) is 209 cm³/mol. The summed E-state index contributed by atoms with van der Waals surface area (Å²) in [6.07, 6.45) is 1.89. The first-order valence-corrected chi connectivity index (χ1v) is 17.0. The third kappa shape index (κ3) is 4.56. The second-order valence-corrected chi connectivity index (χ2v) is 12.9. The number of aromatic nitrogens is 3. The predicted octanol–water partition coefficient (Wildman–Crippen LogP) is 12.3. The van der Waals surface area contributed by atoms with Crippen molar-refractivity contribution in [1.82, 2.24) is 14.1 Å². The summed E-state index contributed by atoms with van der Waals surface area (Å²) in [6, 6.07) is 65.5. The van der Waals surface area contributed by atoms with Gasteiger partial charge in [0.2, 0.25) is 0 Å². The maximum Gasteiger partial charge on any atom is 0.145 e. The Balaban J connectivity index is 1.17. The van der Waals surface area contributed by atoms with Crippen molar-refractivity contribution in [1.29, 1.82) is 0 Å². The van der Waals surface area contributed by atoms with Crippen LogP contribution in [0.25, 0.3) is 88.5 Å². The van der Waals surface area contributed by atoms with Gasteiger partial charge in [0, 0.05) is 39.1 Å². The van der Waals surface area contributed by atoms with Gasteiger partial charge in [-0.2, -0.15) is 0 Å². The summed E-state index contributed by atoms with van der Waals surface area (Å²) in [5, 5.41) is 4.83. The Hall–Kier alpha value is -6.71. The standard InChI is InChI=1S/C47H31N3/c1-3-12-32(13-4-1)34-16-9-18-38(28-34)49-44-22-8-7-20-40(44)41-25-23-36(30-45(41)49)37-24-26-42-43-21-11-27-48-47(43)50(46(42)31-37)39-19-10-17-35(29-39)33-14-5-2-6-15-33/h1-31H. The molecule has 0 saturated carbocycles. The molecular weight excluding hydrogens is 607 g/mol. The molecule has 3 heteroatoms. The lowest BCUT2D eigenvalue weighted by molar-refractivity contribution is 1.14. The van der Waals surface area contributed by atoms with Crippen molar-refractivity contribution in [3.05, 3.63) is 188 Å². The van der Waals surface area contributed by atoms with Crippen LogP contribution >= 0.6 is 0 Å². The van der Waals surface area contributed by atoms with Crippen LogP contribution in [0.2, 0.25) is 0 Å². The van der Waals surface area contributed by atoms with Crippen molar-refractivity contribution in [2.24, 2.45) is 0 Å². The lowest BCUT2D eigenvalue weighted by Crippen LogP contribution is -1.96. The molecule has 50 heavy (non-hydrogen) atoms. The summed E-state index contributed by atoms with van der Waals surface area (Å²) in [5.74, 6) is 0. The molecule has 10 rings (SSSR count). The van der Waals surface area contributed by atoms with Gasteiger partial charge in [-0.3, -0.25) is 4.57 Å². The van der Waals surface area contributed by atoms with E-state index in [1.54, 1.807) is 0 Å². The molecule has 0 aliphatic heterocycles. The highest BCUT2D eigenvalue weighted by Gasteiger charge is 2.17. The van der Waals surface area contributed by atoms with Crippen LogP contribution in [0.4, 0.5) is 0 Å². The van der Waals surface area contributed by atoms with Gasteiger partial charge >= 0.3 is 0 Å². The Labute approximate surface area is 290 Å². The summed E-state index contributed by atoms with van der Waals surface area (Å²) in [4.78, 5) is 4.90. The van der Waals surface area contributed by atoms with Gasteiger partial charge in [-0.1, -0.05) is 127 Å². The van der Waals surface area contributed by atoms with Crippen molar-refractivity contribution >= 4 is 43.7 Å². The third-order valence-electron chi connectivity index (χ3n) is 9.96. The number of benzene rings is 7. The van der Waals surface area contributed by atoms with E-state index in [0.29, 0.717) is 0 Å². The van der Waals surface area contributed by atoms with Crippen LogP contribution in [0.3, 0.4) is 0 Å². The zero-order valence-corrected chi connectivity index (χ0v) is 27.2. The van der Waals surface area contributed by atoms with Crippen LogP contribution in [0, 0.1) is 0 Å². The average Bonchev–Trinajstić information content (AvgIpc) is 3.71. The number of hydrogen-bond acceptors (Lipinski definition) is 1. The van der Waals surface area contributed by atoms with Gasteiger partial charge in [0.05, 0.1) is 16.6 Å². The largest absolute Gasteiger partial charge is 0.309 e. The van der Waals surface area contributed by atoms with Gasteiger partial charge < -0.3 is 4.57 Å². The Kier molecular flexibility index (Phi) is 6.49. The Morgan fingerprint density at radius 3 is 1.44 bits per heavy atom. The minimum atomic E-state index is 0.957. The first-order valence-electron chi connectivity index (χ1n) is 17.0. The highest BCUT2D eigenvalue weighted by Crippen LogP contribution is 2.38. The molecular formula is C47H31N3. The summed E-state index contributed by atoms with van der Waals surface area (Å²) in [7, 11) is 0. The van der Waals surface area contributed by atoms with Gasteiger partial charge in [-0.05, 0) is 88.0 Å². The molecule has 3 heterocycles. The molecule has 7 aromatic carbocycles. The molecule has 3 aromatic heterocycles. The lowest BCUT2D eigenvalue weighted by Gasteiger charge is -2.12. The molecule has 0 unspecified atom stereocenters. The van der Waals surface area contributed by atoms with Gasteiger partial charge in [-0.25, -0.2) is 4.98 Å². The van der Waals surface area contributed by atoms with Gasteiger partial charge in [0.25, 0.3) is 0 Å². The molecule has 0 spiro atoms. The zero-order chi connectivity index (χ0) is 33.0. The van der Waals surface area contributed by atoms with Crippen LogP contribution in [0.5, 0.6) is 0 Å². The Morgan fingerprint density at radius 2 is 0.780 bits per heavy atom. The van der Waals surface area contributed by atoms with Gasteiger partial charge in [0.1, 0.15) is 5.65 Å². The quantitative estimate of drug-likeness (QED) is 0.184. The second-order valence-electron chi connectivity index (χ2n) is 12.9. The fourth-order valence-corrected chi connectivity index (χ4v) is 7.62. The SMILES string of the molecule is c1ccc(-c2cccc(-n3c4ccccc4c4ccc(-c5ccc6c7cccnc7n(-c7cccc(-c8ccccc8)c7)c6c5)cc43)c2)cc1. The van der Waals surface area contributed by atoms with Crippen molar-refractivity contribution in [2.75, 3.05) is 0 Å². The minimum absolute atomic E-state index is 0.957. The van der Waals surface area contributed by atoms with E-state index in [0.717, 1.165) is 33.5 Å². The average molecular weight is 638 g/mol. The van der Waals surface area contributed by atoms with Crippen molar-refractivity contribution < 1.29 is 0 Å². The molecule has 0 fully saturated rings. The first-order chi connectivity index (χ1) is 24.8. The molecule has 0 aliphatic rings. The fraction of sp³-hybridized carbons (Fsp3) is 0. The Morgan fingerprint density at radius 1 is 0.300 bits per heavy atom. The second kappa shape index (κ2) is 11.5. The van der Waals surface area contributed by atoms with E-state index in [-0.39, 0.29) is 0 Å². The molecule has 0 amide bonds. The molecule has 0 radical (unpaired) electrons. The van der Waals surface area contributed by atoms with Crippen LogP contribution in [-0.4, -0.2) is 14.1 Å². The summed E-state index contributed by atoms with van der Waals surface area (Å²) in [6.45, 7) is 0. The van der Waals surface area contributed by atoms with E-state index < -0.39 is 0 Å². The molecule has 0 atom stereocenters. The van der Waals surface area contributed by atoms with Crippen LogP contribution in [-0.2, 0) is 0 Å². The molecule has 0 saturated heterocycles. The minimum Gasteiger partial charge on any atom is -0.309 e. The van der Waals surface area contributed by atoms with Crippen LogP contribution in [0.1, 0.15) is 0 Å². The van der Waals surface area contributed by atoms with E-state index in [1.807, 2.05) is 12.3 Å². The van der Waals surface area contributed by atoms with Gasteiger partial charge in [-0.15, -0.1) is 0 Å². The number of rotatable bonds is 5. The highest BCUT2D eigenvalue weighted by molar-refractivity contribution is 6.11. The number of nitrogens with zero attached hydrogens (tertiary/aromatic N) is 3. The normalized spacial score (nSPS) is 11.6. The lowest BCUT2D eigenvalue weighted by atomic mass is 10.0. The topological polar surface area (TPSA) is 22.8 Å². The van der Waals surface area contributed by atoms with E-state index in [9.17, 15) is 0 Å². The van der Waals surface area contributed by atoms with Crippen molar-refractivity contribution in [3.8, 4) is 44.8 Å². The molecule has 0 aliphatic carbocycles. The van der Waals surface area contributed by atoms with Crippen LogP contribution < -0.4 is 0 Å². The Bertz CT molecular complexity index is 2660. The maximum absolute atomic E-state index is 4.90. The third-order valence-corrected chi connectivity index (χ3v) is 9.96. The molecule has 234 valence electrons. The van der Waals surface area contributed by atoms with Crippen molar-refractivity contribution in [2.45, 2.75) is 0 Å². The maximum atomic E-state index is 4.90. The van der Waals surface area contributed by atoms with Crippen molar-refractivity contribution in [3.63, 3.8) is 0 Å². The molecule has 0 N–H and O–H groups in total. The fourth-order valence-electron chi connectivity index (χ4n) is 7.62. The number of para-hydroxylation sites is 1. The van der Waals surface area contributed by atoms with Crippen LogP contribution in [0.15, 0.2) is 188 Å². The molecule has 3 nitrogen and oxygen atoms in total. The molecule has 10 aromatic rings. The summed E-state index contributed by atoms with van der Waals surface area (Å²) < 4.78 is 4.72. The smallest absolute Gasteiger partial charge is 0.145 e. The van der Waals surface area contributed by atoms with Gasteiger partial charge in [0.15, 0.2) is 0 Å². The number of pyridine rings is 1. The first kappa shape index (κ1) is 28.3. The highest BCUT2D eigenvalue weighted by atomic mass is 15.0. The van der Waals surface area contributed by atoms with E-state index >= 15 is 0 Å². The van der Waals surface area contributed by atoms with E-state index in [2.05, 4.69) is 185 Å². The summed E-state index contributed by atoms with van der Waals surface area (Å²) >= 11 is 0. The summed E-state index contributed by atoms with van der Waals surface area (Å²) in [5.41, 5.74) is 13.8.